The van der Waals surface area contributed by atoms with Gasteiger partial charge in [0.2, 0.25) is 5.91 Å². The summed E-state index contributed by atoms with van der Waals surface area (Å²) in [5, 5.41) is 2.72. The van der Waals surface area contributed by atoms with E-state index in [2.05, 4.69) is 10.1 Å². The minimum absolute atomic E-state index is 0.0434. The van der Waals surface area contributed by atoms with E-state index in [0.717, 1.165) is 0 Å². The molecule has 0 bridgehead atoms. The van der Waals surface area contributed by atoms with Crippen LogP contribution < -0.4 is 11.1 Å². The fourth-order valence-corrected chi connectivity index (χ4v) is 1.24. The Balaban J connectivity index is 4.98. The normalized spacial score (nSPS) is 14.3. The van der Waals surface area contributed by atoms with Crippen molar-refractivity contribution < 1.29 is 14.3 Å². The molecule has 0 saturated heterocycles. The van der Waals surface area contributed by atoms with Gasteiger partial charge in [-0.05, 0) is 33.6 Å². The third-order valence-electron chi connectivity index (χ3n) is 3.59. The van der Waals surface area contributed by atoms with Crippen molar-refractivity contribution in [2.75, 3.05) is 7.11 Å². The smallest absolute Gasteiger partial charge is 0.328 e. The van der Waals surface area contributed by atoms with Gasteiger partial charge < -0.3 is 15.8 Å². The number of nitrogens with two attached hydrogens (primary N) is 1. The molecule has 18 heavy (non-hydrogen) atoms. The molecular formula is C13H26N2O3. The average Bonchev–Trinajstić information content (AvgIpc) is 2.22. The predicted octanol–water partition coefficient (Wildman–Crippen LogP) is 1.06. The van der Waals surface area contributed by atoms with Crippen molar-refractivity contribution in [1.82, 2.24) is 5.32 Å². The first-order valence-corrected chi connectivity index (χ1v) is 6.12. The highest BCUT2D eigenvalue weighted by Gasteiger charge is 2.42. The van der Waals surface area contributed by atoms with Crippen molar-refractivity contribution >= 4 is 11.9 Å². The maximum absolute atomic E-state index is 12.2. The highest BCUT2D eigenvalue weighted by Crippen LogP contribution is 2.28. The minimum Gasteiger partial charge on any atom is -0.467 e. The summed E-state index contributed by atoms with van der Waals surface area (Å²) in [6.07, 6.45) is 0. The summed E-state index contributed by atoms with van der Waals surface area (Å²) in [6, 6.07) is -0.649. The van der Waals surface area contributed by atoms with Gasteiger partial charge in [-0.1, -0.05) is 13.8 Å². The third kappa shape index (κ3) is 3.70. The Hall–Kier alpha value is -1.10. The second-order valence-corrected chi connectivity index (χ2v) is 6.06. The summed E-state index contributed by atoms with van der Waals surface area (Å²) in [7, 11) is 1.31. The third-order valence-corrected chi connectivity index (χ3v) is 3.59. The van der Waals surface area contributed by atoms with E-state index in [1.54, 1.807) is 27.7 Å². The van der Waals surface area contributed by atoms with Crippen LogP contribution in [0.3, 0.4) is 0 Å². The molecule has 0 aliphatic heterocycles. The highest BCUT2D eigenvalue weighted by molar-refractivity contribution is 5.88. The minimum atomic E-state index is -0.784. The van der Waals surface area contributed by atoms with Gasteiger partial charge in [0.15, 0.2) is 0 Å². The van der Waals surface area contributed by atoms with Crippen LogP contribution in [0.15, 0.2) is 0 Å². The van der Waals surface area contributed by atoms with Crippen LogP contribution in [-0.4, -0.2) is 30.6 Å². The maximum Gasteiger partial charge on any atom is 0.328 e. The van der Waals surface area contributed by atoms with Crippen molar-refractivity contribution in [3.8, 4) is 0 Å². The molecule has 0 heterocycles. The fourth-order valence-electron chi connectivity index (χ4n) is 1.24. The summed E-state index contributed by atoms with van der Waals surface area (Å²) >= 11 is 0. The summed E-state index contributed by atoms with van der Waals surface area (Å²) in [6.45, 7) is 10.8. The van der Waals surface area contributed by atoms with Crippen LogP contribution in [0.2, 0.25) is 0 Å². The first-order valence-electron chi connectivity index (χ1n) is 6.12. The topological polar surface area (TPSA) is 81.4 Å². The number of ether oxygens (including phenoxy) is 1. The van der Waals surface area contributed by atoms with Gasteiger partial charge in [0.25, 0.3) is 0 Å². The molecule has 0 aromatic heterocycles. The van der Waals surface area contributed by atoms with E-state index in [9.17, 15) is 9.59 Å². The highest BCUT2D eigenvalue weighted by atomic mass is 16.5. The van der Waals surface area contributed by atoms with Gasteiger partial charge in [-0.15, -0.1) is 0 Å². The molecule has 1 amide bonds. The number of hydrogen-bond donors (Lipinski definition) is 2. The van der Waals surface area contributed by atoms with Crippen LogP contribution in [0, 0.1) is 11.3 Å². The summed E-state index contributed by atoms with van der Waals surface area (Å²) in [5.74, 6) is -0.735. The number of carbonyl (C=O) groups excluding carboxylic acids is 2. The molecule has 0 spiro atoms. The average molecular weight is 258 g/mol. The van der Waals surface area contributed by atoms with Crippen LogP contribution >= 0.6 is 0 Å². The summed E-state index contributed by atoms with van der Waals surface area (Å²) in [5.41, 5.74) is 4.53. The first-order chi connectivity index (χ1) is 7.95. The second kappa shape index (κ2) is 5.69. The van der Waals surface area contributed by atoms with Crippen molar-refractivity contribution in [2.24, 2.45) is 17.1 Å². The van der Waals surface area contributed by atoms with Crippen molar-refractivity contribution in [2.45, 2.75) is 53.1 Å². The largest absolute Gasteiger partial charge is 0.467 e. The quantitative estimate of drug-likeness (QED) is 0.723. The Labute approximate surface area is 109 Å². The zero-order valence-corrected chi connectivity index (χ0v) is 12.5. The second-order valence-electron chi connectivity index (χ2n) is 6.06. The lowest BCUT2D eigenvalue weighted by atomic mass is 9.74. The Morgan fingerprint density at radius 3 is 1.89 bits per heavy atom. The van der Waals surface area contributed by atoms with Crippen molar-refractivity contribution in [3.63, 3.8) is 0 Å². The van der Waals surface area contributed by atoms with Gasteiger partial charge in [0.1, 0.15) is 6.04 Å². The predicted molar refractivity (Wildman–Crippen MR) is 70.8 cm³/mol. The van der Waals surface area contributed by atoms with Crippen molar-refractivity contribution in [3.05, 3.63) is 0 Å². The van der Waals surface area contributed by atoms with Gasteiger partial charge in [-0.3, -0.25) is 4.79 Å². The van der Waals surface area contributed by atoms with E-state index in [1.807, 2.05) is 13.8 Å². The maximum atomic E-state index is 12.2. The number of carbonyl (C=O) groups is 2. The van der Waals surface area contributed by atoms with Gasteiger partial charge in [0, 0.05) is 5.54 Å². The van der Waals surface area contributed by atoms with Crippen LogP contribution in [0.1, 0.15) is 41.5 Å². The van der Waals surface area contributed by atoms with E-state index in [-0.39, 0.29) is 11.8 Å². The van der Waals surface area contributed by atoms with E-state index in [1.165, 1.54) is 7.11 Å². The molecule has 0 fully saturated rings. The number of rotatable bonds is 5. The Morgan fingerprint density at radius 2 is 1.61 bits per heavy atom. The van der Waals surface area contributed by atoms with E-state index < -0.39 is 23.0 Å². The molecule has 5 nitrogen and oxygen atoms in total. The molecule has 0 aromatic rings. The van der Waals surface area contributed by atoms with Gasteiger partial charge >= 0.3 is 5.97 Å². The summed E-state index contributed by atoms with van der Waals surface area (Å²) in [4.78, 5) is 23.8. The number of methoxy groups -OCH3 is 1. The Bertz CT molecular complexity index is 317. The summed E-state index contributed by atoms with van der Waals surface area (Å²) < 4.78 is 4.69. The van der Waals surface area contributed by atoms with Crippen LogP contribution in [0.5, 0.6) is 0 Å². The van der Waals surface area contributed by atoms with Gasteiger partial charge in [0.05, 0.1) is 12.5 Å². The van der Waals surface area contributed by atoms with E-state index in [0.29, 0.717) is 0 Å². The molecule has 106 valence electrons. The molecule has 1 atom stereocenters. The molecule has 0 aliphatic rings. The molecular weight excluding hydrogens is 232 g/mol. The standard InChI is InChI=1S/C13H26N2O3/c1-8(2)9(10(16)18-7)15-11(17)12(3,4)13(5,6)14/h8-9H,14H2,1-7H3,(H,15,17)/t9-/m0/s1. The van der Waals surface area contributed by atoms with Crippen molar-refractivity contribution in [1.29, 1.82) is 0 Å². The monoisotopic (exact) mass is 258 g/mol. The lowest BCUT2D eigenvalue weighted by Gasteiger charge is -2.38. The molecule has 0 unspecified atom stereocenters. The lowest BCUT2D eigenvalue weighted by Crippen LogP contribution is -2.58. The number of esters is 1. The Kier molecular flexibility index (Phi) is 5.35. The SMILES string of the molecule is COC(=O)[C@@H](NC(=O)C(C)(C)C(C)(C)N)C(C)C. The number of hydrogen-bond acceptors (Lipinski definition) is 4. The van der Waals surface area contributed by atoms with Crippen LogP contribution in [0.4, 0.5) is 0 Å². The van der Waals surface area contributed by atoms with E-state index in [4.69, 9.17) is 5.73 Å². The van der Waals surface area contributed by atoms with Crippen LogP contribution in [0.25, 0.3) is 0 Å². The first kappa shape index (κ1) is 16.9. The molecule has 3 N–H and O–H groups in total. The molecule has 0 aliphatic carbocycles. The molecule has 0 radical (unpaired) electrons. The van der Waals surface area contributed by atoms with E-state index >= 15 is 0 Å². The number of nitrogens with one attached hydrogen (secondary N) is 1. The lowest BCUT2D eigenvalue weighted by molar-refractivity contribution is -0.148. The molecule has 0 aromatic carbocycles. The molecule has 5 heteroatoms. The van der Waals surface area contributed by atoms with Gasteiger partial charge in [-0.25, -0.2) is 4.79 Å². The molecule has 0 saturated carbocycles. The number of amides is 1. The van der Waals surface area contributed by atoms with Gasteiger partial charge in [-0.2, -0.15) is 0 Å². The zero-order valence-electron chi connectivity index (χ0n) is 12.5. The zero-order chi connectivity index (χ0) is 14.7. The Morgan fingerprint density at radius 1 is 1.17 bits per heavy atom. The molecule has 0 rings (SSSR count). The fraction of sp³-hybridized carbons (Fsp3) is 0.846. The van der Waals surface area contributed by atoms with Crippen LogP contribution in [-0.2, 0) is 14.3 Å².